The lowest BCUT2D eigenvalue weighted by molar-refractivity contribution is 0.186. The fourth-order valence-corrected chi connectivity index (χ4v) is 2.75. The molecule has 1 aliphatic heterocycles. The van der Waals surface area contributed by atoms with Crippen molar-refractivity contribution in [2.45, 2.75) is 19.4 Å². The van der Waals surface area contributed by atoms with Gasteiger partial charge in [0.05, 0.1) is 19.4 Å². The van der Waals surface area contributed by atoms with Gasteiger partial charge in [0.1, 0.15) is 17.4 Å². The van der Waals surface area contributed by atoms with Gasteiger partial charge in [-0.1, -0.05) is 0 Å². The molecule has 1 aromatic heterocycles. The second kappa shape index (κ2) is 9.33. The van der Waals surface area contributed by atoms with E-state index in [1.807, 2.05) is 12.1 Å². The summed E-state index contributed by atoms with van der Waals surface area (Å²) in [5.41, 5.74) is 0.223. The minimum atomic E-state index is -0.472. The average molecular weight is 363 g/mol. The van der Waals surface area contributed by atoms with Crippen LogP contribution in [0.5, 0.6) is 0 Å². The third kappa shape index (κ3) is 5.56. The maximum absolute atomic E-state index is 13.8. The number of halogens is 2. The normalized spacial score (nSPS) is 17.5. The van der Waals surface area contributed by atoms with E-state index in [9.17, 15) is 8.78 Å². The number of nitrogens with zero attached hydrogens (tertiary/aromatic N) is 1. The van der Waals surface area contributed by atoms with Crippen LogP contribution in [0.3, 0.4) is 0 Å². The van der Waals surface area contributed by atoms with Gasteiger partial charge in [0, 0.05) is 37.6 Å². The van der Waals surface area contributed by atoms with E-state index in [2.05, 4.69) is 15.6 Å². The highest BCUT2D eigenvalue weighted by Gasteiger charge is 2.16. The second-order valence-corrected chi connectivity index (χ2v) is 6.27. The molecule has 3 rings (SSSR count). The van der Waals surface area contributed by atoms with E-state index in [1.165, 1.54) is 6.07 Å². The fourth-order valence-electron chi connectivity index (χ4n) is 2.75. The number of benzene rings is 1. The van der Waals surface area contributed by atoms with Crippen molar-refractivity contribution in [1.82, 2.24) is 10.6 Å². The summed E-state index contributed by atoms with van der Waals surface area (Å²) in [6.45, 7) is 2.90. The Bertz CT molecular complexity index is 714. The number of rotatable bonds is 7. The summed E-state index contributed by atoms with van der Waals surface area (Å²) in [5.74, 6) is 0.927. The van der Waals surface area contributed by atoms with Crippen molar-refractivity contribution in [2.24, 2.45) is 10.9 Å². The van der Waals surface area contributed by atoms with Crippen molar-refractivity contribution in [2.75, 3.05) is 26.3 Å². The summed E-state index contributed by atoms with van der Waals surface area (Å²) in [4.78, 5) is 4.39. The number of aliphatic imine (C=N–C) groups is 1. The van der Waals surface area contributed by atoms with Gasteiger partial charge in [0.15, 0.2) is 5.96 Å². The van der Waals surface area contributed by atoms with Crippen LogP contribution in [0.25, 0.3) is 0 Å². The summed E-state index contributed by atoms with van der Waals surface area (Å²) in [6, 6.07) is 7.14. The molecule has 0 spiro atoms. The lowest BCUT2D eigenvalue weighted by Crippen LogP contribution is -2.41. The Morgan fingerprint density at radius 3 is 2.92 bits per heavy atom. The first-order chi connectivity index (χ1) is 12.7. The summed E-state index contributed by atoms with van der Waals surface area (Å²) >= 11 is 0. The Morgan fingerprint density at radius 2 is 2.15 bits per heavy atom. The first-order valence-electron chi connectivity index (χ1n) is 8.77. The third-order valence-electron chi connectivity index (χ3n) is 4.24. The number of nitrogens with one attached hydrogen (secondary N) is 2. The Morgan fingerprint density at radius 1 is 1.23 bits per heavy atom. The van der Waals surface area contributed by atoms with E-state index < -0.39 is 11.6 Å². The Hall–Kier alpha value is -2.41. The number of guanidine groups is 1. The molecule has 1 aromatic carbocycles. The zero-order valence-corrected chi connectivity index (χ0v) is 14.5. The van der Waals surface area contributed by atoms with Crippen LogP contribution in [-0.2, 0) is 17.7 Å². The van der Waals surface area contributed by atoms with Gasteiger partial charge in [-0.15, -0.1) is 0 Å². The highest BCUT2D eigenvalue weighted by Crippen LogP contribution is 2.12. The Balaban J connectivity index is 1.59. The highest BCUT2D eigenvalue weighted by molar-refractivity contribution is 5.79. The first kappa shape index (κ1) is 18.4. The largest absolute Gasteiger partial charge is 0.469 e. The topological polar surface area (TPSA) is 58.8 Å². The van der Waals surface area contributed by atoms with Crippen LogP contribution in [0.4, 0.5) is 8.78 Å². The number of hydrogen-bond acceptors (Lipinski definition) is 3. The molecule has 2 N–H and O–H groups in total. The van der Waals surface area contributed by atoms with Gasteiger partial charge in [0.25, 0.3) is 0 Å². The molecule has 0 saturated carbocycles. The van der Waals surface area contributed by atoms with Crippen LogP contribution in [0, 0.1) is 17.6 Å². The number of ether oxygens (including phenoxy) is 1. The molecular weight excluding hydrogens is 340 g/mol. The van der Waals surface area contributed by atoms with E-state index in [1.54, 1.807) is 6.26 Å². The van der Waals surface area contributed by atoms with E-state index in [4.69, 9.17) is 9.15 Å². The lowest BCUT2D eigenvalue weighted by atomic mass is 10.1. The first-order valence-corrected chi connectivity index (χ1v) is 8.77. The molecule has 2 heterocycles. The molecule has 7 heteroatoms. The highest BCUT2D eigenvalue weighted by atomic mass is 19.1. The maximum atomic E-state index is 13.8. The van der Waals surface area contributed by atoms with Crippen LogP contribution in [0.2, 0.25) is 0 Å². The smallest absolute Gasteiger partial charge is 0.191 e. The molecule has 0 radical (unpaired) electrons. The van der Waals surface area contributed by atoms with E-state index in [-0.39, 0.29) is 12.1 Å². The van der Waals surface area contributed by atoms with Gasteiger partial charge in [0.2, 0.25) is 0 Å². The fraction of sp³-hybridized carbons (Fsp3) is 0.421. The molecule has 1 atom stereocenters. The molecule has 1 aliphatic rings. The molecule has 26 heavy (non-hydrogen) atoms. The molecular formula is C19H23F2N3O2. The number of furan rings is 1. The van der Waals surface area contributed by atoms with E-state index >= 15 is 0 Å². The minimum Gasteiger partial charge on any atom is -0.469 e. The van der Waals surface area contributed by atoms with Crippen molar-refractivity contribution in [3.63, 3.8) is 0 Å². The molecule has 2 aromatic rings. The van der Waals surface area contributed by atoms with Crippen LogP contribution in [-0.4, -0.2) is 32.3 Å². The monoisotopic (exact) mass is 363 g/mol. The summed E-state index contributed by atoms with van der Waals surface area (Å²) in [7, 11) is 0. The van der Waals surface area contributed by atoms with Gasteiger partial charge in [-0.05, 0) is 36.8 Å². The quantitative estimate of drug-likeness (QED) is 0.587. The standard InChI is InChI=1S/C19H23F2N3O2/c20-16-3-4-18(21)15(10-16)12-24-19(23-11-14-6-9-25-13-14)22-7-5-17-2-1-8-26-17/h1-4,8,10,14H,5-7,9,11-13H2,(H2,22,23,24). The second-order valence-electron chi connectivity index (χ2n) is 6.27. The van der Waals surface area contributed by atoms with Gasteiger partial charge in [-0.2, -0.15) is 0 Å². The van der Waals surface area contributed by atoms with E-state index in [0.29, 0.717) is 24.8 Å². The predicted molar refractivity (Wildman–Crippen MR) is 94.8 cm³/mol. The van der Waals surface area contributed by atoms with Crippen LogP contribution in [0.1, 0.15) is 17.7 Å². The Labute approximate surface area is 151 Å². The van der Waals surface area contributed by atoms with Crippen LogP contribution in [0.15, 0.2) is 46.0 Å². The molecule has 0 aliphatic carbocycles. The summed E-state index contributed by atoms with van der Waals surface area (Å²) in [5, 5.41) is 6.47. The van der Waals surface area contributed by atoms with Crippen LogP contribution >= 0.6 is 0 Å². The molecule has 1 unspecified atom stereocenters. The lowest BCUT2D eigenvalue weighted by Gasteiger charge is -2.15. The number of hydrogen-bond donors (Lipinski definition) is 2. The molecule has 1 saturated heterocycles. The summed E-state index contributed by atoms with van der Waals surface area (Å²) in [6.07, 6.45) is 3.34. The van der Waals surface area contributed by atoms with Gasteiger partial charge in [-0.3, -0.25) is 0 Å². The molecule has 0 bridgehead atoms. The van der Waals surface area contributed by atoms with Crippen LogP contribution < -0.4 is 10.6 Å². The SMILES string of the molecule is Fc1ccc(F)c(CN=C(NCCc2ccco2)NCC2CCOC2)c1. The zero-order valence-electron chi connectivity index (χ0n) is 14.5. The molecule has 5 nitrogen and oxygen atoms in total. The van der Waals surface area contributed by atoms with Crippen molar-refractivity contribution in [3.8, 4) is 0 Å². The zero-order chi connectivity index (χ0) is 18.2. The van der Waals surface area contributed by atoms with Crippen molar-refractivity contribution in [1.29, 1.82) is 0 Å². The van der Waals surface area contributed by atoms with Gasteiger partial charge < -0.3 is 19.8 Å². The molecule has 0 amide bonds. The predicted octanol–water partition coefficient (Wildman–Crippen LogP) is 2.87. The van der Waals surface area contributed by atoms with Gasteiger partial charge in [-0.25, -0.2) is 13.8 Å². The molecule has 1 fully saturated rings. The average Bonchev–Trinajstić information content (AvgIpc) is 3.33. The Kier molecular flexibility index (Phi) is 6.60. The minimum absolute atomic E-state index is 0.0564. The van der Waals surface area contributed by atoms with Crippen molar-refractivity contribution < 1.29 is 17.9 Å². The third-order valence-corrected chi connectivity index (χ3v) is 4.24. The van der Waals surface area contributed by atoms with Crippen molar-refractivity contribution >= 4 is 5.96 Å². The summed E-state index contributed by atoms with van der Waals surface area (Å²) < 4.78 is 37.8. The van der Waals surface area contributed by atoms with E-state index in [0.717, 1.165) is 44.1 Å². The maximum Gasteiger partial charge on any atom is 0.191 e. The van der Waals surface area contributed by atoms with Crippen molar-refractivity contribution in [3.05, 3.63) is 59.6 Å². The van der Waals surface area contributed by atoms with Gasteiger partial charge >= 0.3 is 0 Å². The molecule has 140 valence electrons.